The van der Waals surface area contributed by atoms with Gasteiger partial charge >= 0.3 is 13.1 Å². The molecule has 72 valence electrons. The van der Waals surface area contributed by atoms with Gasteiger partial charge in [0.15, 0.2) is 5.65 Å². The smallest absolute Gasteiger partial charge is 0.467 e. The van der Waals surface area contributed by atoms with Crippen LogP contribution in [0.25, 0.3) is 5.65 Å². The van der Waals surface area contributed by atoms with Crippen LogP contribution in [0.15, 0.2) is 18.3 Å². The molecule has 0 radical (unpaired) electrons. The summed E-state index contributed by atoms with van der Waals surface area (Å²) in [6.07, 6.45) is 1.61. The fourth-order valence-corrected chi connectivity index (χ4v) is 1.18. The number of ether oxygens (including phenoxy) is 1. The van der Waals surface area contributed by atoms with Crippen LogP contribution >= 0.6 is 0 Å². The Balaban J connectivity index is 2.57. The third-order valence-corrected chi connectivity index (χ3v) is 1.88. The summed E-state index contributed by atoms with van der Waals surface area (Å²) in [5.41, 5.74) is 0.875. The van der Waals surface area contributed by atoms with E-state index in [0.29, 0.717) is 17.1 Å². The predicted octanol–water partition coefficient (Wildman–Crippen LogP) is -1.58. The number of methoxy groups -OCH3 is 1. The highest BCUT2D eigenvalue weighted by molar-refractivity contribution is 6.58. The van der Waals surface area contributed by atoms with Gasteiger partial charge in [0.05, 0.1) is 7.11 Å². The van der Waals surface area contributed by atoms with Crippen molar-refractivity contribution in [2.45, 2.75) is 0 Å². The van der Waals surface area contributed by atoms with Crippen molar-refractivity contribution in [3.8, 4) is 6.01 Å². The van der Waals surface area contributed by atoms with Crippen molar-refractivity contribution in [3.63, 3.8) is 0 Å². The average Bonchev–Trinajstić information content (AvgIpc) is 2.59. The molecule has 0 saturated carbocycles. The fraction of sp³-hybridized carbons (Fsp3) is 0.143. The van der Waals surface area contributed by atoms with Gasteiger partial charge in [0.1, 0.15) is 0 Å². The van der Waals surface area contributed by atoms with Gasteiger partial charge in [0, 0.05) is 6.20 Å². The Labute approximate surface area is 79.9 Å². The monoisotopic (exact) mass is 193 g/mol. The Kier molecular flexibility index (Phi) is 2.10. The van der Waals surface area contributed by atoms with Gasteiger partial charge in [-0.1, -0.05) is 5.10 Å². The summed E-state index contributed by atoms with van der Waals surface area (Å²) in [6.45, 7) is 0. The van der Waals surface area contributed by atoms with Crippen LogP contribution in [0.3, 0.4) is 0 Å². The van der Waals surface area contributed by atoms with Crippen LogP contribution < -0.4 is 10.2 Å². The molecule has 0 spiro atoms. The van der Waals surface area contributed by atoms with Crippen LogP contribution in [-0.4, -0.2) is 38.9 Å². The molecule has 0 aliphatic rings. The number of fused-ring (bicyclic) bond motifs is 1. The standard InChI is InChI=1S/C7H8BN3O3/c1-14-7-10-9-6-4-5(8(12)13)2-3-11(6)7/h2-4,12-13H,1H3. The topological polar surface area (TPSA) is 79.9 Å². The normalized spacial score (nSPS) is 10.5. The van der Waals surface area contributed by atoms with Crippen LogP contribution in [0, 0.1) is 0 Å². The van der Waals surface area contributed by atoms with Gasteiger partial charge < -0.3 is 14.8 Å². The number of hydrogen-bond donors (Lipinski definition) is 2. The van der Waals surface area contributed by atoms with Gasteiger partial charge in [-0.15, -0.1) is 5.10 Å². The second kappa shape index (κ2) is 3.28. The first-order valence-electron chi connectivity index (χ1n) is 3.97. The lowest BCUT2D eigenvalue weighted by atomic mass is 9.81. The van der Waals surface area contributed by atoms with Crippen molar-refractivity contribution in [1.29, 1.82) is 0 Å². The third kappa shape index (κ3) is 1.32. The molecule has 0 saturated heterocycles. The molecule has 2 aromatic rings. The van der Waals surface area contributed by atoms with Crippen LogP contribution in [0.5, 0.6) is 6.01 Å². The summed E-state index contributed by atoms with van der Waals surface area (Å²) in [4.78, 5) is 0. The first kappa shape index (κ1) is 8.98. The number of pyridine rings is 1. The van der Waals surface area contributed by atoms with E-state index in [1.54, 1.807) is 16.7 Å². The van der Waals surface area contributed by atoms with Crippen molar-refractivity contribution in [2.75, 3.05) is 7.11 Å². The second-order valence-electron chi connectivity index (χ2n) is 2.75. The van der Waals surface area contributed by atoms with E-state index >= 15 is 0 Å². The lowest BCUT2D eigenvalue weighted by Crippen LogP contribution is -2.29. The van der Waals surface area contributed by atoms with Gasteiger partial charge in [0.25, 0.3) is 0 Å². The molecule has 0 unspecified atom stereocenters. The van der Waals surface area contributed by atoms with E-state index in [1.807, 2.05) is 0 Å². The Bertz CT molecular complexity index is 456. The molecule has 0 amide bonds. The molecule has 2 rings (SSSR count). The van der Waals surface area contributed by atoms with Gasteiger partial charge in [-0.2, -0.15) is 0 Å². The number of aromatic nitrogens is 3. The first-order valence-corrected chi connectivity index (χ1v) is 3.97. The highest BCUT2D eigenvalue weighted by Crippen LogP contribution is 2.07. The molecular formula is C7H8BN3O3. The molecule has 0 fully saturated rings. The predicted molar refractivity (Wildman–Crippen MR) is 49.4 cm³/mol. The zero-order valence-electron chi connectivity index (χ0n) is 7.45. The molecule has 2 N–H and O–H groups in total. The highest BCUT2D eigenvalue weighted by atomic mass is 16.5. The molecule has 7 heteroatoms. The lowest BCUT2D eigenvalue weighted by molar-refractivity contribution is 0.375. The Hall–Kier alpha value is -1.60. The molecule has 0 aromatic carbocycles. The summed E-state index contributed by atoms with van der Waals surface area (Å²) >= 11 is 0. The zero-order chi connectivity index (χ0) is 10.1. The molecule has 0 atom stereocenters. The first-order chi connectivity index (χ1) is 6.72. The quantitative estimate of drug-likeness (QED) is 0.562. The summed E-state index contributed by atoms with van der Waals surface area (Å²) < 4.78 is 6.54. The van der Waals surface area contributed by atoms with Crippen molar-refractivity contribution in [3.05, 3.63) is 18.3 Å². The zero-order valence-corrected chi connectivity index (χ0v) is 7.45. The van der Waals surface area contributed by atoms with Crippen molar-refractivity contribution in [1.82, 2.24) is 14.6 Å². The minimum absolute atomic E-state index is 0.360. The average molecular weight is 193 g/mol. The summed E-state index contributed by atoms with van der Waals surface area (Å²) in [5, 5.41) is 25.4. The van der Waals surface area contributed by atoms with E-state index in [2.05, 4.69) is 10.2 Å². The second-order valence-corrected chi connectivity index (χ2v) is 2.75. The molecule has 0 bridgehead atoms. The van der Waals surface area contributed by atoms with Gasteiger partial charge in [-0.05, 0) is 17.6 Å². The molecule has 6 nitrogen and oxygen atoms in total. The van der Waals surface area contributed by atoms with Crippen LogP contribution in [-0.2, 0) is 0 Å². The van der Waals surface area contributed by atoms with Crippen molar-refractivity contribution in [2.24, 2.45) is 0 Å². The molecule has 0 aliphatic carbocycles. The largest absolute Gasteiger partial charge is 0.488 e. The Morgan fingerprint density at radius 2 is 2.21 bits per heavy atom. The van der Waals surface area contributed by atoms with Crippen molar-refractivity contribution >= 4 is 18.2 Å². The highest BCUT2D eigenvalue weighted by Gasteiger charge is 2.13. The van der Waals surface area contributed by atoms with E-state index in [0.717, 1.165) is 0 Å². The molecule has 2 heterocycles. The van der Waals surface area contributed by atoms with Crippen molar-refractivity contribution < 1.29 is 14.8 Å². The molecular weight excluding hydrogens is 185 g/mol. The molecule has 14 heavy (non-hydrogen) atoms. The van der Waals surface area contributed by atoms with Gasteiger partial charge in [0.2, 0.25) is 0 Å². The SMILES string of the molecule is COc1nnc2cc(B(O)O)ccn12. The number of hydrogen-bond acceptors (Lipinski definition) is 5. The third-order valence-electron chi connectivity index (χ3n) is 1.88. The minimum Gasteiger partial charge on any atom is -0.467 e. The number of nitrogens with zero attached hydrogens (tertiary/aromatic N) is 3. The summed E-state index contributed by atoms with van der Waals surface area (Å²) in [6, 6.07) is 3.45. The maximum atomic E-state index is 8.91. The minimum atomic E-state index is -1.50. The lowest BCUT2D eigenvalue weighted by Gasteiger charge is -2.00. The van der Waals surface area contributed by atoms with Crippen LogP contribution in [0.4, 0.5) is 0 Å². The van der Waals surface area contributed by atoms with E-state index in [1.165, 1.54) is 13.2 Å². The van der Waals surface area contributed by atoms with E-state index in [9.17, 15) is 0 Å². The van der Waals surface area contributed by atoms with Gasteiger partial charge in [-0.25, -0.2) is 0 Å². The van der Waals surface area contributed by atoms with Crippen LogP contribution in [0.2, 0.25) is 0 Å². The fourth-order valence-electron chi connectivity index (χ4n) is 1.18. The van der Waals surface area contributed by atoms with Gasteiger partial charge in [-0.3, -0.25) is 4.40 Å². The maximum absolute atomic E-state index is 8.91. The Morgan fingerprint density at radius 3 is 2.86 bits per heavy atom. The number of rotatable bonds is 2. The molecule has 2 aromatic heterocycles. The van der Waals surface area contributed by atoms with E-state index in [4.69, 9.17) is 14.8 Å². The van der Waals surface area contributed by atoms with E-state index in [-0.39, 0.29) is 0 Å². The Morgan fingerprint density at radius 1 is 1.43 bits per heavy atom. The summed E-state index contributed by atoms with van der Waals surface area (Å²) in [7, 11) is -0.00618. The van der Waals surface area contributed by atoms with Crippen LogP contribution in [0.1, 0.15) is 0 Å². The maximum Gasteiger partial charge on any atom is 0.488 e. The van der Waals surface area contributed by atoms with E-state index < -0.39 is 7.12 Å². The molecule has 0 aliphatic heterocycles. The summed E-state index contributed by atoms with van der Waals surface area (Å²) in [5.74, 6) is 0.